The summed E-state index contributed by atoms with van der Waals surface area (Å²) in [4.78, 5) is 11.7. The number of carbonyl (C=O) groups is 1. The molecule has 0 heterocycles. The summed E-state index contributed by atoms with van der Waals surface area (Å²) >= 11 is 0. The van der Waals surface area contributed by atoms with Crippen molar-refractivity contribution in [2.24, 2.45) is 5.73 Å². The maximum atomic E-state index is 11.7. The maximum absolute atomic E-state index is 11.7. The number of hydrogen-bond acceptors (Lipinski definition) is 5. The molecule has 0 aliphatic heterocycles. The van der Waals surface area contributed by atoms with E-state index in [0.717, 1.165) is 6.42 Å². The molecule has 1 atom stereocenters. The van der Waals surface area contributed by atoms with Gasteiger partial charge >= 0.3 is 7.91 Å². The number of allylic oxidation sites excluding steroid dienone is 11. The predicted molar refractivity (Wildman–Crippen MR) is 125 cm³/mol. The fourth-order valence-corrected chi connectivity index (χ4v) is 2.88. The van der Waals surface area contributed by atoms with Crippen LogP contribution in [0.15, 0.2) is 72.9 Å². The van der Waals surface area contributed by atoms with Gasteiger partial charge in [-0.3, -0.25) is 9.32 Å². The van der Waals surface area contributed by atoms with Crippen molar-refractivity contribution < 1.29 is 18.4 Å². The second-order valence-corrected chi connectivity index (χ2v) is 7.35. The van der Waals surface area contributed by atoms with E-state index in [0.29, 0.717) is 0 Å². The largest absolute Gasteiger partial charge is 0.468 e. The van der Waals surface area contributed by atoms with E-state index >= 15 is 0 Å². The van der Waals surface area contributed by atoms with E-state index in [2.05, 4.69) is 23.6 Å². The van der Waals surface area contributed by atoms with Crippen LogP contribution in [-0.2, 0) is 18.4 Å². The van der Waals surface area contributed by atoms with Gasteiger partial charge in [-0.2, -0.15) is 0 Å². The number of unbranched alkanes of at least 4 members (excludes halogenated alkanes) is 7. The zero-order valence-electron chi connectivity index (χ0n) is 18.0. The Bertz CT molecular complexity index is 677. The topological polar surface area (TPSA) is 86.5 Å². The van der Waals surface area contributed by atoms with Gasteiger partial charge in [-0.1, -0.05) is 112 Å². The van der Waals surface area contributed by atoms with Crippen molar-refractivity contribution in [1.82, 2.24) is 0 Å². The first-order valence-corrected chi connectivity index (χ1v) is 11.8. The standard InChI is InChI=1S/C24H36NO4P/c1-2-3-4-5-6-7-8-9-10-11-12-13-14-15-16-17-18-19-20-21-23(26)24(22-25)29-30(27)28/h10-21,24H,2-9,22,25H2,1H3. The van der Waals surface area contributed by atoms with Gasteiger partial charge in [0.25, 0.3) is 0 Å². The molecule has 0 radical (unpaired) electrons. The highest BCUT2D eigenvalue weighted by Gasteiger charge is 2.16. The number of hydrogen-bond donors (Lipinski definition) is 1. The fraction of sp³-hybridized carbons (Fsp3) is 0.458. The second kappa shape index (κ2) is 21.6. The van der Waals surface area contributed by atoms with Crippen molar-refractivity contribution >= 4 is 13.7 Å². The number of carbonyl (C=O) groups excluding carboxylic acids is 1. The SMILES string of the molecule is CCCCCCCCCC=CC=CC=CC=CC=CC=CC(=O)C(CN)OP(=O)=O. The molecule has 166 valence electrons. The third-order valence-electron chi connectivity index (χ3n) is 4.12. The molecule has 0 aliphatic carbocycles. The van der Waals surface area contributed by atoms with E-state index in [1.54, 1.807) is 12.2 Å². The summed E-state index contributed by atoms with van der Waals surface area (Å²) < 4.78 is 25.4. The first-order chi connectivity index (χ1) is 14.6. The quantitative estimate of drug-likeness (QED) is 0.116. The van der Waals surface area contributed by atoms with Crippen LogP contribution in [0.4, 0.5) is 0 Å². The van der Waals surface area contributed by atoms with Crippen LogP contribution in [0.1, 0.15) is 58.3 Å². The van der Waals surface area contributed by atoms with Crippen LogP contribution in [0.2, 0.25) is 0 Å². The van der Waals surface area contributed by atoms with Crippen LogP contribution in [0.5, 0.6) is 0 Å². The Hall–Kier alpha value is -2.07. The summed E-state index contributed by atoms with van der Waals surface area (Å²) in [6.07, 6.45) is 31.3. The summed E-state index contributed by atoms with van der Waals surface area (Å²) in [7, 11) is -3.10. The number of ketones is 1. The van der Waals surface area contributed by atoms with Crippen LogP contribution in [0.25, 0.3) is 0 Å². The molecule has 30 heavy (non-hydrogen) atoms. The third-order valence-corrected chi connectivity index (χ3v) is 4.54. The van der Waals surface area contributed by atoms with Gasteiger partial charge in [-0.25, -0.2) is 9.13 Å². The Balaban J connectivity index is 3.90. The first kappa shape index (κ1) is 27.9. The minimum Gasteiger partial charge on any atom is -0.328 e. The highest BCUT2D eigenvalue weighted by molar-refractivity contribution is 7.24. The van der Waals surface area contributed by atoms with E-state index < -0.39 is 19.8 Å². The van der Waals surface area contributed by atoms with Gasteiger partial charge in [0.2, 0.25) is 0 Å². The third kappa shape index (κ3) is 19.3. The molecule has 0 aromatic carbocycles. The Morgan fingerprint density at radius 1 is 0.800 bits per heavy atom. The molecule has 0 aromatic heterocycles. The van der Waals surface area contributed by atoms with Crippen molar-refractivity contribution in [3.63, 3.8) is 0 Å². The van der Waals surface area contributed by atoms with E-state index in [4.69, 9.17) is 5.73 Å². The summed E-state index contributed by atoms with van der Waals surface area (Å²) in [6.45, 7) is 2.05. The van der Waals surface area contributed by atoms with Gasteiger partial charge < -0.3 is 5.73 Å². The van der Waals surface area contributed by atoms with Crippen LogP contribution in [-0.4, -0.2) is 18.4 Å². The lowest BCUT2D eigenvalue weighted by Gasteiger charge is -2.04. The molecular formula is C24H36NO4P. The fourth-order valence-electron chi connectivity index (χ4n) is 2.48. The smallest absolute Gasteiger partial charge is 0.328 e. The second-order valence-electron chi connectivity index (χ2n) is 6.69. The van der Waals surface area contributed by atoms with E-state index in [1.807, 2.05) is 36.5 Å². The van der Waals surface area contributed by atoms with Crippen molar-refractivity contribution in [2.75, 3.05) is 6.54 Å². The highest BCUT2D eigenvalue weighted by atomic mass is 31.1. The Morgan fingerprint density at radius 3 is 1.83 bits per heavy atom. The molecule has 5 nitrogen and oxygen atoms in total. The normalized spacial score (nSPS) is 13.8. The van der Waals surface area contributed by atoms with E-state index in [9.17, 15) is 13.9 Å². The molecule has 0 aromatic rings. The number of rotatable bonds is 18. The molecular weight excluding hydrogens is 397 g/mol. The molecule has 0 bridgehead atoms. The average Bonchev–Trinajstić information content (AvgIpc) is 2.73. The van der Waals surface area contributed by atoms with Crippen LogP contribution < -0.4 is 5.73 Å². The minimum absolute atomic E-state index is 0.192. The van der Waals surface area contributed by atoms with Crippen molar-refractivity contribution in [2.45, 2.75) is 64.4 Å². The lowest BCUT2D eigenvalue weighted by Crippen LogP contribution is -2.28. The van der Waals surface area contributed by atoms with Crippen LogP contribution in [0, 0.1) is 0 Å². The molecule has 0 amide bonds. The molecule has 0 aliphatic rings. The van der Waals surface area contributed by atoms with E-state index in [1.165, 1.54) is 57.1 Å². The Labute approximate surface area is 182 Å². The average molecular weight is 434 g/mol. The van der Waals surface area contributed by atoms with Crippen LogP contribution in [0.3, 0.4) is 0 Å². The molecule has 0 rings (SSSR count). The molecule has 0 saturated carbocycles. The first-order valence-electron chi connectivity index (χ1n) is 10.7. The molecule has 0 spiro atoms. The van der Waals surface area contributed by atoms with Gasteiger partial charge in [0.1, 0.15) is 6.10 Å². The predicted octanol–water partition coefficient (Wildman–Crippen LogP) is 6.47. The van der Waals surface area contributed by atoms with Gasteiger partial charge in [0.05, 0.1) is 0 Å². The molecule has 0 fully saturated rings. The zero-order chi connectivity index (χ0) is 22.3. The molecule has 1 unspecified atom stereocenters. The van der Waals surface area contributed by atoms with E-state index in [-0.39, 0.29) is 6.54 Å². The zero-order valence-corrected chi connectivity index (χ0v) is 18.9. The van der Waals surface area contributed by atoms with Gasteiger partial charge in [-0.15, -0.1) is 0 Å². The summed E-state index contributed by atoms with van der Waals surface area (Å²) in [6, 6.07) is 0. The van der Waals surface area contributed by atoms with Crippen molar-refractivity contribution in [3.8, 4) is 0 Å². The minimum atomic E-state index is -3.10. The summed E-state index contributed by atoms with van der Waals surface area (Å²) in [5.74, 6) is -0.490. The van der Waals surface area contributed by atoms with Gasteiger partial charge in [0, 0.05) is 6.54 Å². The Morgan fingerprint density at radius 2 is 1.30 bits per heavy atom. The highest BCUT2D eigenvalue weighted by Crippen LogP contribution is 2.10. The maximum Gasteiger partial charge on any atom is 0.468 e. The van der Waals surface area contributed by atoms with Crippen LogP contribution >= 0.6 is 7.91 Å². The Kier molecular flexibility index (Phi) is 20.1. The summed E-state index contributed by atoms with van der Waals surface area (Å²) in [5.41, 5.74) is 5.30. The van der Waals surface area contributed by atoms with Gasteiger partial charge in [-0.05, 0) is 18.9 Å². The molecule has 0 saturated heterocycles. The van der Waals surface area contributed by atoms with Gasteiger partial charge in [0.15, 0.2) is 5.78 Å². The van der Waals surface area contributed by atoms with Crippen molar-refractivity contribution in [3.05, 3.63) is 72.9 Å². The summed E-state index contributed by atoms with van der Waals surface area (Å²) in [5, 5.41) is 0. The molecule has 2 N–H and O–H groups in total. The number of nitrogens with two attached hydrogens (primary N) is 1. The van der Waals surface area contributed by atoms with Crippen molar-refractivity contribution in [1.29, 1.82) is 0 Å². The lowest BCUT2D eigenvalue weighted by atomic mass is 10.1. The lowest BCUT2D eigenvalue weighted by molar-refractivity contribution is -0.120. The monoisotopic (exact) mass is 433 g/mol. The molecule has 6 heteroatoms.